The summed E-state index contributed by atoms with van der Waals surface area (Å²) >= 11 is 5.44. The van der Waals surface area contributed by atoms with Crippen LogP contribution in [0.3, 0.4) is 0 Å². The van der Waals surface area contributed by atoms with E-state index in [9.17, 15) is 0 Å². The predicted molar refractivity (Wildman–Crippen MR) is 75.4 cm³/mol. The average Bonchev–Trinajstić information content (AvgIpc) is 2.51. The van der Waals surface area contributed by atoms with Crippen molar-refractivity contribution in [2.45, 2.75) is 58.5 Å². The quantitative estimate of drug-likeness (QED) is 0.758. The molecule has 1 heterocycles. The summed E-state index contributed by atoms with van der Waals surface area (Å²) in [7, 11) is 0. The molecule has 2 fully saturated rings. The van der Waals surface area contributed by atoms with Crippen LogP contribution in [-0.2, 0) is 0 Å². The molecular weight excluding hydrogens is 230 g/mol. The maximum absolute atomic E-state index is 5.44. The third-order valence-corrected chi connectivity index (χ3v) is 4.19. The summed E-state index contributed by atoms with van der Waals surface area (Å²) in [6.45, 7) is 7.86. The largest absolute Gasteiger partial charge is 0.342 e. The summed E-state index contributed by atoms with van der Waals surface area (Å²) in [6.07, 6.45) is 6.20. The third kappa shape index (κ3) is 3.10. The zero-order valence-corrected chi connectivity index (χ0v) is 12.1. The van der Waals surface area contributed by atoms with Gasteiger partial charge >= 0.3 is 0 Å². The highest BCUT2D eigenvalue weighted by molar-refractivity contribution is 7.80. The zero-order chi connectivity index (χ0) is 12.5. The molecule has 0 bridgehead atoms. The number of hydrazine groups is 1. The van der Waals surface area contributed by atoms with Crippen LogP contribution in [0.4, 0.5) is 0 Å². The van der Waals surface area contributed by atoms with Gasteiger partial charge in [-0.1, -0.05) is 27.2 Å². The summed E-state index contributed by atoms with van der Waals surface area (Å²) in [4.78, 5) is 0. The smallest absolute Gasteiger partial charge is 0.185 e. The zero-order valence-electron chi connectivity index (χ0n) is 11.3. The Balaban J connectivity index is 1.93. The number of thiocarbonyl (C=S) groups is 1. The van der Waals surface area contributed by atoms with Crippen molar-refractivity contribution in [3.05, 3.63) is 0 Å². The highest BCUT2D eigenvalue weighted by atomic mass is 32.1. The van der Waals surface area contributed by atoms with Crippen molar-refractivity contribution in [2.75, 3.05) is 6.54 Å². The second-order valence-electron chi connectivity index (χ2n) is 6.16. The van der Waals surface area contributed by atoms with E-state index in [1.54, 1.807) is 0 Å². The summed E-state index contributed by atoms with van der Waals surface area (Å²) < 4.78 is 0. The van der Waals surface area contributed by atoms with Crippen molar-refractivity contribution in [3.8, 4) is 0 Å². The van der Waals surface area contributed by atoms with Crippen LogP contribution in [-0.4, -0.2) is 22.3 Å². The first-order chi connectivity index (χ1) is 8.01. The molecule has 0 amide bonds. The van der Waals surface area contributed by atoms with Crippen LogP contribution in [0.1, 0.15) is 52.9 Å². The Morgan fingerprint density at radius 1 is 1.53 bits per heavy atom. The molecule has 1 aliphatic heterocycles. The highest BCUT2D eigenvalue weighted by Crippen LogP contribution is 2.33. The van der Waals surface area contributed by atoms with E-state index in [1.165, 1.54) is 32.1 Å². The lowest BCUT2D eigenvalue weighted by Gasteiger charge is -2.36. The van der Waals surface area contributed by atoms with Gasteiger partial charge in [-0.3, -0.25) is 5.01 Å². The number of hydrogen-bond acceptors (Lipinski definition) is 2. The predicted octanol–water partition coefficient (Wildman–Crippen LogP) is 2.63. The van der Waals surface area contributed by atoms with Crippen LogP contribution in [0.25, 0.3) is 0 Å². The summed E-state index contributed by atoms with van der Waals surface area (Å²) in [6, 6.07) is 0. The number of nitrogens with one attached hydrogen (secondary N) is 2. The molecule has 2 atom stereocenters. The van der Waals surface area contributed by atoms with Crippen molar-refractivity contribution < 1.29 is 0 Å². The molecule has 1 aliphatic carbocycles. The van der Waals surface area contributed by atoms with Gasteiger partial charge in [-0.15, -0.1) is 0 Å². The van der Waals surface area contributed by atoms with Crippen LogP contribution in [0.15, 0.2) is 0 Å². The molecular formula is C13H25N3S. The number of hydrogen-bond donors (Lipinski definition) is 2. The van der Waals surface area contributed by atoms with Gasteiger partial charge in [0, 0.05) is 6.54 Å². The summed E-state index contributed by atoms with van der Waals surface area (Å²) in [5.74, 6) is 1.51. The molecule has 2 N–H and O–H groups in total. The SMILES string of the molecule is CC(C)CCN1N[C@]2(CCC[C@@H](C)C2)NC1=S. The van der Waals surface area contributed by atoms with E-state index >= 15 is 0 Å². The highest BCUT2D eigenvalue weighted by Gasteiger charge is 2.42. The first kappa shape index (κ1) is 13.1. The fourth-order valence-corrected chi connectivity index (χ4v) is 3.25. The Kier molecular flexibility index (Phi) is 3.93. The van der Waals surface area contributed by atoms with E-state index in [0.29, 0.717) is 0 Å². The molecule has 2 aliphatic rings. The standard InChI is InChI=1S/C13H25N3S/c1-10(2)6-8-16-12(17)14-13(15-16)7-4-5-11(3)9-13/h10-11,15H,4-9H2,1-3H3,(H,14,17)/t11-,13+/m1/s1. The van der Waals surface area contributed by atoms with Crippen molar-refractivity contribution in [1.82, 2.24) is 15.8 Å². The van der Waals surface area contributed by atoms with Crippen LogP contribution < -0.4 is 10.7 Å². The van der Waals surface area contributed by atoms with Crippen molar-refractivity contribution >= 4 is 17.3 Å². The van der Waals surface area contributed by atoms with Gasteiger partial charge < -0.3 is 5.32 Å². The monoisotopic (exact) mass is 255 g/mol. The summed E-state index contributed by atoms with van der Waals surface area (Å²) in [5.41, 5.74) is 3.68. The molecule has 4 heteroatoms. The van der Waals surface area contributed by atoms with Crippen molar-refractivity contribution in [3.63, 3.8) is 0 Å². The summed E-state index contributed by atoms with van der Waals surface area (Å²) in [5, 5.41) is 6.55. The molecule has 0 aromatic heterocycles. The Hall–Kier alpha value is -0.350. The van der Waals surface area contributed by atoms with E-state index in [1.807, 2.05) is 0 Å². The molecule has 0 unspecified atom stereocenters. The number of nitrogens with zero attached hydrogens (tertiary/aromatic N) is 1. The molecule has 1 spiro atoms. The molecule has 3 nitrogen and oxygen atoms in total. The van der Waals surface area contributed by atoms with Gasteiger partial charge in [0.15, 0.2) is 5.11 Å². The van der Waals surface area contributed by atoms with Gasteiger partial charge in [-0.2, -0.15) is 0 Å². The third-order valence-electron chi connectivity index (χ3n) is 3.87. The van der Waals surface area contributed by atoms with Crippen LogP contribution >= 0.6 is 12.2 Å². The topological polar surface area (TPSA) is 27.3 Å². The Labute approximate surface area is 110 Å². The number of rotatable bonds is 3. The molecule has 0 radical (unpaired) electrons. The van der Waals surface area contributed by atoms with Gasteiger partial charge in [-0.25, -0.2) is 5.43 Å². The lowest BCUT2D eigenvalue weighted by Crippen LogP contribution is -2.53. The van der Waals surface area contributed by atoms with Crippen LogP contribution in [0, 0.1) is 11.8 Å². The van der Waals surface area contributed by atoms with E-state index in [0.717, 1.165) is 23.5 Å². The van der Waals surface area contributed by atoms with E-state index in [-0.39, 0.29) is 5.66 Å². The molecule has 17 heavy (non-hydrogen) atoms. The van der Waals surface area contributed by atoms with E-state index in [2.05, 4.69) is 36.5 Å². The van der Waals surface area contributed by atoms with Gasteiger partial charge in [-0.05, 0) is 49.7 Å². The normalized spacial score (nSPS) is 33.5. The fraction of sp³-hybridized carbons (Fsp3) is 0.923. The second-order valence-corrected chi connectivity index (χ2v) is 6.55. The minimum absolute atomic E-state index is 0.0612. The van der Waals surface area contributed by atoms with Gasteiger partial charge in [0.05, 0.1) is 0 Å². The van der Waals surface area contributed by atoms with Crippen molar-refractivity contribution in [2.24, 2.45) is 11.8 Å². The van der Waals surface area contributed by atoms with Crippen LogP contribution in [0.5, 0.6) is 0 Å². The maximum atomic E-state index is 5.44. The first-order valence-electron chi connectivity index (χ1n) is 6.88. The minimum Gasteiger partial charge on any atom is -0.342 e. The minimum atomic E-state index is 0.0612. The van der Waals surface area contributed by atoms with Gasteiger partial charge in [0.2, 0.25) is 0 Å². The van der Waals surface area contributed by atoms with Crippen molar-refractivity contribution in [1.29, 1.82) is 0 Å². The fourth-order valence-electron chi connectivity index (χ4n) is 2.92. The van der Waals surface area contributed by atoms with E-state index in [4.69, 9.17) is 12.2 Å². The van der Waals surface area contributed by atoms with E-state index < -0.39 is 0 Å². The second kappa shape index (κ2) is 5.11. The molecule has 1 saturated carbocycles. The maximum Gasteiger partial charge on any atom is 0.185 e. The first-order valence-corrected chi connectivity index (χ1v) is 7.29. The Morgan fingerprint density at radius 3 is 2.94 bits per heavy atom. The Bertz CT molecular complexity index is 292. The molecule has 0 aromatic rings. The average molecular weight is 255 g/mol. The molecule has 1 saturated heterocycles. The molecule has 0 aromatic carbocycles. The lowest BCUT2D eigenvalue weighted by atomic mass is 9.83. The lowest BCUT2D eigenvalue weighted by molar-refractivity contribution is 0.133. The Morgan fingerprint density at radius 2 is 2.29 bits per heavy atom. The van der Waals surface area contributed by atoms with Gasteiger partial charge in [0.25, 0.3) is 0 Å². The molecule has 98 valence electrons. The molecule has 2 rings (SSSR count). The van der Waals surface area contributed by atoms with Gasteiger partial charge in [0.1, 0.15) is 5.66 Å². The van der Waals surface area contributed by atoms with Crippen LogP contribution in [0.2, 0.25) is 0 Å².